The number of benzene rings is 1. The molecule has 1 aliphatic rings. The van der Waals surface area contributed by atoms with Crippen LogP contribution in [0.2, 0.25) is 0 Å². The number of carboxylic acid groups (broad SMARTS) is 1. The van der Waals surface area contributed by atoms with Crippen LogP contribution in [0.3, 0.4) is 0 Å². The number of hydrogen-bond donors (Lipinski definition) is 2. The van der Waals surface area contributed by atoms with Crippen LogP contribution in [0.4, 0.5) is 0 Å². The van der Waals surface area contributed by atoms with Crippen LogP contribution in [-0.2, 0) is 9.59 Å². The fourth-order valence-corrected chi connectivity index (χ4v) is 4.70. The lowest BCUT2D eigenvalue weighted by atomic mass is 9.87. The van der Waals surface area contributed by atoms with Crippen LogP contribution in [0, 0.1) is 11.8 Å². The molecule has 4 nitrogen and oxygen atoms in total. The first-order chi connectivity index (χ1) is 14.0. The Hall–Kier alpha value is -2.50. The van der Waals surface area contributed by atoms with Crippen molar-refractivity contribution in [2.45, 2.75) is 38.7 Å². The zero-order valence-corrected chi connectivity index (χ0v) is 17.3. The summed E-state index contributed by atoms with van der Waals surface area (Å²) < 4.78 is 1.15. The molecule has 2 aromatic rings. The van der Waals surface area contributed by atoms with Gasteiger partial charge in [-0.1, -0.05) is 48.1 Å². The molecule has 0 unspecified atom stereocenters. The van der Waals surface area contributed by atoms with Crippen molar-refractivity contribution < 1.29 is 19.8 Å². The second kappa shape index (κ2) is 9.81. The van der Waals surface area contributed by atoms with Gasteiger partial charge in [0.1, 0.15) is 6.10 Å². The normalized spacial score (nSPS) is 20.8. The molecule has 29 heavy (non-hydrogen) atoms. The van der Waals surface area contributed by atoms with E-state index in [1.165, 1.54) is 0 Å². The van der Waals surface area contributed by atoms with Gasteiger partial charge in [0.25, 0.3) is 0 Å². The fraction of sp³-hybridized carbons (Fsp3) is 0.333. The van der Waals surface area contributed by atoms with Gasteiger partial charge in [-0.25, -0.2) is 0 Å². The molecule has 1 aromatic carbocycles. The maximum atomic E-state index is 12.4. The Bertz CT molecular complexity index is 933. The van der Waals surface area contributed by atoms with E-state index in [-0.39, 0.29) is 24.0 Å². The number of ketones is 1. The number of carboxylic acids is 1. The standard InChI is InChI=1S/C24H26O4S/c1-16-14-21(26)19(9-4-2-3-5-11-24(27)28)18(16)12-13-20(25)23-15-17-8-6-7-10-22(17)29-23/h2,4,6-8,10,12-15,18-20,25H,3,5,9,11H2,1H3,(H,27,28)/t18-,19+,20+/m0/s1. The fourth-order valence-electron chi connectivity index (χ4n) is 3.67. The minimum atomic E-state index is -0.786. The monoisotopic (exact) mass is 410 g/mol. The van der Waals surface area contributed by atoms with E-state index in [2.05, 4.69) is 0 Å². The summed E-state index contributed by atoms with van der Waals surface area (Å²) in [6.45, 7) is 1.95. The van der Waals surface area contributed by atoms with E-state index in [0.717, 1.165) is 20.5 Å². The van der Waals surface area contributed by atoms with E-state index in [1.807, 2.05) is 55.5 Å². The van der Waals surface area contributed by atoms with Crippen molar-refractivity contribution >= 4 is 33.2 Å². The summed E-state index contributed by atoms with van der Waals surface area (Å²) in [7, 11) is 0. The molecule has 3 rings (SSSR count). The largest absolute Gasteiger partial charge is 0.481 e. The topological polar surface area (TPSA) is 74.6 Å². The quantitative estimate of drug-likeness (QED) is 0.426. The average molecular weight is 411 g/mol. The SMILES string of the molecule is CC1=CC(=O)[C@H](CC=CCCCC(=O)O)[C@H]1C=C[C@@H](O)c1cc2ccccc2s1. The van der Waals surface area contributed by atoms with Gasteiger partial charge in [-0.3, -0.25) is 9.59 Å². The van der Waals surface area contributed by atoms with Gasteiger partial charge in [0.15, 0.2) is 5.78 Å². The Morgan fingerprint density at radius 2 is 2.07 bits per heavy atom. The summed E-state index contributed by atoms with van der Waals surface area (Å²) in [5.74, 6) is -0.845. The third-order valence-corrected chi connectivity index (χ3v) is 6.44. The first-order valence-electron chi connectivity index (χ1n) is 9.89. The predicted molar refractivity (Wildman–Crippen MR) is 117 cm³/mol. The second-order valence-electron chi connectivity index (χ2n) is 7.43. The van der Waals surface area contributed by atoms with Crippen LogP contribution in [-0.4, -0.2) is 22.0 Å². The summed E-state index contributed by atoms with van der Waals surface area (Å²) in [4.78, 5) is 23.8. The van der Waals surface area contributed by atoms with E-state index >= 15 is 0 Å². The van der Waals surface area contributed by atoms with Crippen molar-refractivity contribution in [1.29, 1.82) is 0 Å². The van der Waals surface area contributed by atoms with E-state index < -0.39 is 12.1 Å². The molecule has 0 radical (unpaired) electrons. The lowest BCUT2D eigenvalue weighted by Crippen LogP contribution is -2.14. The maximum absolute atomic E-state index is 12.4. The van der Waals surface area contributed by atoms with Gasteiger partial charge in [-0.2, -0.15) is 0 Å². The molecule has 0 fully saturated rings. The molecular weight excluding hydrogens is 384 g/mol. The van der Waals surface area contributed by atoms with Crippen molar-refractivity contribution in [2.75, 3.05) is 0 Å². The van der Waals surface area contributed by atoms with Gasteiger partial charge in [0, 0.05) is 27.8 Å². The predicted octanol–water partition coefficient (Wildman–Crippen LogP) is 5.45. The highest BCUT2D eigenvalue weighted by Gasteiger charge is 2.31. The van der Waals surface area contributed by atoms with Crippen LogP contribution in [0.1, 0.15) is 43.6 Å². The summed E-state index contributed by atoms with van der Waals surface area (Å²) in [6.07, 6.45) is 10.8. The number of carbonyl (C=O) groups excluding carboxylic acids is 1. The molecule has 0 bridgehead atoms. The second-order valence-corrected chi connectivity index (χ2v) is 8.55. The van der Waals surface area contributed by atoms with Crippen LogP contribution >= 0.6 is 11.3 Å². The minimum absolute atomic E-state index is 0.0183. The van der Waals surface area contributed by atoms with Crippen LogP contribution < -0.4 is 0 Å². The number of unbranched alkanes of at least 4 members (excludes halogenated alkanes) is 1. The average Bonchev–Trinajstić information content (AvgIpc) is 3.23. The van der Waals surface area contributed by atoms with Gasteiger partial charge in [-0.15, -0.1) is 11.3 Å². The number of aliphatic hydroxyl groups is 1. The molecule has 1 aliphatic carbocycles. The lowest BCUT2D eigenvalue weighted by molar-refractivity contribution is -0.137. The Morgan fingerprint density at radius 3 is 2.83 bits per heavy atom. The van der Waals surface area contributed by atoms with Gasteiger partial charge in [0.2, 0.25) is 0 Å². The van der Waals surface area contributed by atoms with Crippen molar-refractivity contribution in [2.24, 2.45) is 11.8 Å². The Balaban J connectivity index is 1.62. The number of carbonyl (C=O) groups is 2. The zero-order valence-electron chi connectivity index (χ0n) is 16.5. The molecule has 0 aliphatic heterocycles. The smallest absolute Gasteiger partial charge is 0.303 e. The zero-order chi connectivity index (χ0) is 20.8. The number of fused-ring (bicyclic) bond motifs is 1. The molecule has 0 saturated heterocycles. The van der Waals surface area contributed by atoms with Crippen LogP contribution in [0.15, 0.2) is 66.3 Å². The van der Waals surface area contributed by atoms with Gasteiger partial charge in [-0.05, 0) is 49.8 Å². The molecule has 1 heterocycles. The van der Waals surface area contributed by atoms with Crippen molar-refractivity contribution in [3.8, 4) is 0 Å². The molecular formula is C24H26O4S. The van der Waals surface area contributed by atoms with E-state index in [1.54, 1.807) is 23.5 Å². The Kier molecular flexibility index (Phi) is 7.18. The molecule has 5 heteroatoms. The Morgan fingerprint density at radius 1 is 1.28 bits per heavy atom. The van der Waals surface area contributed by atoms with Crippen molar-refractivity contribution in [3.63, 3.8) is 0 Å². The van der Waals surface area contributed by atoms with Crippen LogP contribution in [0.25, 0.3) is 10.1 Å². The van der Waals surface area contributed by atoms with Gasteiger partial charge in [0.05, 0.1) is 0 Å². The first kappa shape index (κ1) is 21.2. The molecule has 1 aromatic heterocycles. The summed E-state index contributed by atoms with van der Waals surface area (Å²) >= 11 is 1.58. The summed E-state index contributed by atoms with van der Waals surface area (Å²) in [5.41, 5.74) is 1.01. The summed E-state index contributed by atoms with van der Waals surface area (Å²) in [6, 6.07) is 10.1. The highest BCUT2D eigenvalue weighted by molar-refractivity contribution is 7.19. The third-order valence-electron chi connectivity index (χ3n) is 5.25. The highest BCUT2D eigenvalue weighted by Crippen LogP contribution is 2.35. The van der Waals surface area contributed by atoms with Gasteiger partial charge < -0.3 is 10.2 Å². The number of aliphatic hydroxyl groups excluding tert-OH is 1. The van der Waals surface area contributed by atoms with E-state index in [9.17, 15) is 14.7 Å². The highest BCUT2D eigenvalue weighted by atomic mass is 32.1. The van der Waals surface area contributed by atoms with Crippen molar-refractivity contribution in [1.82, 2.24) is 0 Å². The molecule has 2 N–H and O–H groups in total. The number of thiophene rings is 1. The van der Waals surface area contributed by atoms with Crippen molar-refractivity contribution in [3.05, 3.63) is 71.2 Å². The number of rotatable bonds is 9. The first-order valence-corrected chi connectivity index (χ1v) is 10.7. The van der Waals surface area contributed by atoms with Gasteiger partial charge >= 0.3 is 5.97 Å². The third kappa shape index (κ3) is 5.52. The number of aliphatic carboxylic acids is 1. The number of hydrogen-bond acceptors (Lipinski definition) is 4. The van der Waals surface area contributed by atoms with Crippen LogP contribution in [0.5, 0.6) is 0 Å². The van der Waals surface area contributed by atoms with E-state index in [4.69, 9.17) is 5.11 Å². The molecule has 3 atom stereocenters. The lowest BCUT2D eigenvalue weighted by Gasteiger charge is -2.16. The molecule has 0 amide bonds. The number of allylic oxidation sites excluding steroid dienone is 5. The van der Waals surface area contributed by atoms with E-state index in [0.29, 0.717) is 19.3 Å². The molecule has 0 saturated carbocycles. The molecule has 152 valence electrons. The Labute approximate surface area is 174 Å². The maximum Gasteiger partial charge on any atom is 0.303 e. The molecule has 0 spiro atoms. The summed E-state index contributed by atoms with van der Waals surface area (Å²) in [5, 5.41) is 20.4. The minimum Gasteiger partial charge on any atom is -0.481 e.